The summed E-state index contributed by atoms with van der Waals surface area (Å²) < 4.78 is 11.3. The molecule has 0 fully saturated rings. The molecule has 0 aliphatic carbocycles. The van der Waals surface area contributed by atoms with Gasteiger partial charge < -0.3 is 14.8 Å². The number of hydrogen-bond donors (Lipinski definition) is 1. The number of non-ortho nitro benzene ring substituents is 2. The zero-order chi connectivity index (χ0) is 24.0. The lowest BCUT2D eigenvalue weighted by Crippen LogP contribution is -2.02. The highest BCUT2D eigenvalue weighted by atomic mass is 16.6. The maximum atomic E-state index is 11.4. The van der Waals surface area contributed by atoms with E-state index in [0.29, 0.717) is 24.6 Å². The normalized spacial score (nSPS) is 10.3. The first-order valence-corrected chi connectivity index (χ1v) is 9.63. The molecule has 0 spiro atoms. The van der Waals surface area contributed by atoms with Gasteiger partial charge >= 0.3 is 5.69 Å². The third kappa shape index (κ3) is 5.70. The van der Waals surface area contributed by atoms with Gasteiger partial charge in [0.25, 0.3) is 11.4 Å². The summed E-state index contributed by atoms with van der Waals surface area (Å²) in [5.41, 5.74) is 0.299. The van der Waals surface area contributed by atoms with E-state index in [2.05, 4.69) is 5.32 Å². The number of nitro benzene ring substituents is 3. The Morgan fingerprint density at radius 3 is 2.15 bits per heavy atom. The lowest BCUT2D eigenvalue weighted by Gasteiger charge is -2.14. The highest BCUT2D eigenvalue weighted by molar-refractivity contribution is 5.57. The summed E-state index contributed by atoms with van der Waals surface area (Å²) in [4.78, 5) is 31.2. The molecule has 0 saturated carbocycles. The Morgan fingerprint density at radius 1 is 0.788 bits per heavy atom. The zero-order valence-corrected chi connectivity index (χ0v) is 17.3. The van der Waals surface area contributed by atoms with Gasteiger partial charge in [-0.25, -0.2) is 0 Å². The van der Waals surface area contributed by atoms with Crippen LogP contribution in [0.4, 0.5) is 22.7 Å². The quantitative estimate of drug-likeness (QED) is 0.320. The third-order valence-corrected chi connectivity index (χ3v) is 4.43. The second kappa shape index (κ2) is 10.0. The highest BCUT2D eigenvalue weighted by Gasteiger charge is 2.22. The monoisotopic (exact) mass is 454 g/mol. The average Bonchev–Trinajstić information content (AvgIpc) is 2.79. The molecular weight excluding hydrogens is 436 g/mol. The van der Waals surface area contributed by atoms with E-state index in [1.54, 1.807) is 37.3 Å². The minimum atomic E-state index is -0.764. The van der Waals surface area contributed by atoms with Crippen molar-refractivity contribution >= 4 is 22.7 Å². The van der Waals surface area contributed by atoms with Crippen molar-refractivity contribution in [3.05, 3.63) is 96.6 Å². The Bertz CT molecular complexity index is 1210. The molecule has 1 N–H and O–H groups in total. The van der Waals surface area contributed by atoms with E-state index in [0.717, 1.165) is 23.8 Å². The third-order valence-electron chi connectivity index (χ3n) is 4.43. The number of benzene rings is 3. The van der Waals surface area contributed by atoms with Crippen molar-refractivity contribution in [2.75, 3.05) is 11.9 Å². The Labute approximate surface area is 186 Å². The van der Waals surface area contributed by atoms with Gasteiger partial charge in [0.05, 0.1) is 27.4 Å². The molecular formula is C21H18N4O8. The van der Waals surface area contributed by atoms with Gasteiger partial charge in [0, 0.05) is 30.4 Å². The lowest BCUT2D eigenvalue weighted by molar-refractivity contribution is -0.394. The fraction of sp³-hybridized carbons (Fsp3) is 0.143. The summed E-state index contributed by atoms with van der Waals surface area (Å²) >= 11 is 0. The number of nitrogens with zero attached hydrogens (tertiary/aromatic N) is 3. The molecule has 0 aliphatic rings. The van der Waals surface area contributed by atoms with Crippen LogP contribution in [0.25, 0.3) is 0 Å². The summed E-state index contributed by atoms with van der Waals surface area (Å²) in [7, 11) is 0. The Morgan fingerprint density at radius 2 is 1.48 bits per heavy atom. The molecule has 0 aliphatic heterocycles. The molecule has 0 radical (unpaired) electrons. The molecule has 0 unspecified atom stereocenters. The van der Waals surface area contributed by atoms with Crippen LogP contribution in [0.15, 0.2) is 60.7 Å². The number of anilines is 1. The Hall–Kier alpha value is -4.74. The molecule has 33 heavy (non-hydrogen) atoms. The first-order valence-electron chi connectivity index (χ1n) is 9.63. The topological polar surface area (TPSA) is 160 Å². The predicted octanol–water partition coefficient (Wildman–Crippen LogP) is 5.21. The minimum absolute atomic E-state index is 0.0385. The predicted molar refractivity (Wildman–Crippen MR) is 118 cm³/mol. The Balaban J connectivity index is 1.83. The van der Waals surface area contributed by atoms with Crippen molar-refractivity contribution in [2.24, 2.45) is 0 Å². The van der Waals surface area contributed by atoms with Crippen molar-refractivity contribution in [1.82, 2.24) is 0 Å². The van der Waals surface area contributed by atoms with Gasteiger partial charge in [-0.05, 0) is 36.8 Å². The molecule has 12 heteroatoms. The second-order valence-corrected chi connectivity index (χ2v) is 6.64. The van der Waals surface area contributed by atoms with Gasteiger partial charge in [0.2, 0.25) is 5.75 Å². The fourth-order valence-electron chi connectivity index (χ4n) is 2.92. The van der Waals surface area contributed by atoms with Crippen molar-refractivity contribution in [3.63, 3.8) is 0 Å². The number of hydrogen-bond acceptors (Lipinski definition) is 9. The van der Waals surface area contributed by atoms with E-state index >= 15 is 0 Å². The highest BCUT2D eigenvalue weighted by Crippen LogP contribution is 2.38. The number of rotatable bonds is 10. The van der Waals surface area contributed by atoms with Gasteiger partial charge in [-0.15, -0.1) is 0 Å². The number of nitro groups is 3. The standard InChI is InChI=1S/C21H18N4O8/c1-2-32-21-10-14(13-22-15-4-3-5-16(11-15)23(26)27)6-8-20(21)33-19-9-7-17(24(28)29)12-18(19)25(30)31/h3-12,22H,2,13H2,1H3. The van der Waals surface area contributed by atoms with Crippen molar-refractivity contribution in [2.45, 2.75) is 13.5 Å². The van der Waals surface area contributed by atoms with Crippen LogP contribution in [0.2, 0.25) is 0 Å². The number of nitrogens with one attached hydrogen (secondary N) is 1. The molecule has 3 rings (SSSR count). The lowest BCUT2D eigenvalue weighted by atomic mass is 10.2. The fourth-order valence-corrected chi connectivity index (χ4v) is 2.92. The van der Waals surface area contributed by atoms with Crippen LogP contribution in [-0.4, -0.2) is 21.4 Å². The van der Waals surface area contributed by atoms with Crippen LogP contribution in [-0.2, 0) is 6.54 Å². The average molecular weight is 454 g/mol. The molecule has 0 heterocycles. The zero-order valence-electron chi connectivity index (χ0n) is 17.3. The largest absolute Gasteiger partial charge is 0.490 e. The van der Waals surface area contributed by atoms with E-state index in [9.17, 15) is 30.3 Å². The molecule has 3 aromatic rings. The van der Waals surface area contributed by atoms with Gasteiger partial charge in [-0.1, -0.05) is 12.1 Å². The van der Waals surface area contributed by atoms with Crippen LogP contribution in [0, 0.1) is 30.3 Å². The summed E-state index contributed by atoms with van der Waals surface area (Å²) in [5.74, 6) is 0.324. The van der Waals surface area contributed by atoms with Crippen molar-refractivity contribution < 1.29 is 24.2 Å². The maximum Gasteiger partial charge on any atom is 0.318 e. The molecule has 3 aromatic carbocycles. The SMILES string of the molecule is CCOc1cc(CNc2cccc([N+](=O)[O-])c2)ccc1Oc1ccc([N+](=O)[O-])cc1[N+](=O)[O-]. The van der Waals surface area contributed by atoms with E-state index in [1.807, 2.05) is 0 Å². The number of ether oxygens (including phenoxy) is 2. The smallest absolute Gasteiger partial charge is 0.318 e. The molecule has 12 nitrogen and oxygen atoms in total. The van der Waals surface area contributed by atoms with Crippen LogP contribution in [0.5, 0.6) is 17.2 Å². The maximum absolute atomic E-state index is 11.4. The molecule has 0 saturated heterocycles. The summed E-state index contributed by atoms with van der Waals surface area (Å²) in [6, 6.07) is 14.1. The van der Waals surface area contributed by atoms with E-state index in [-0.39, 0.29) is 17.2 Å². The van der Waals surface area contributed by atoms with Crippen LogP contribution in [0.3, 0.4) is 0 Å². The van der Waals surface area contributed by atoms with Crippen LogP contribution in [0.1, 0.15) is 12.5 Å². The van der Waals surface area contributed by atoms with E-state index in [1.165, 1.54) is 12.1 Å². The first-order chi connectivity index (χ1) is 15.8. The Kier molecular flexibility index (Phi) is 6.98. The minimum Gasteiger partial charge on any atom is -0.490 e. The van der Waals surface area contributed by atoms with Gasteiger partial charge in [0.1, 0.15) is 0 Å². The summed E-state index contributed by atoms with van der Waals surface area (Å²) in [6.07, 6.45) is 0. The van der Waals surface area contributed by atoms with E-state index < -0.39 is 26.1 Å². The molecule has 0 amide bonds. The van der Waals surface area contributed by atoms with Crippen LogP contribution >= 0.6 is 0 Å². The molecule has 0 atom stereocenters. The second-order valence-electron chi connectivity index (χ2n) is 6.64. The van der Waals surface area contributed by atoms with Crippen molar-refractivity contribution in [1.29, 1.82) is 0 Å². The van der Waals surface area contributed by atoms with Gasteiger partial charge in [-0.2, -0.15) is 0 Å². The summed E-state index contributed by atoms with van der Waals surface area (Å²) in [5, 5.41) is 36.3. The van der Waals surface area contributed by atoms with Gasteiger partial charge in [-0.3, -0.25) is 30.3 Å². The summed E-state index contributed by atoms with van der Waals surface area (Å²) in [6.45, 7) is 2.37. The van der Waals surface area contributed by atoms with Gasteiger partial charge in [0.15, 0.2) is 11.5 Å². The van der Waals surface area contributed by atoms with E-state index in [4.69, 9.17) is 9.47 Å². The van der Waals surface area contributed by atoms with Crippen molar-refractivity contribution in [3.8, 4) is 17.2 Å². The molecule has 0 aromatic heterocycles. The molecule has 170 valence electrons. The van der Waals surface area contributed by atoms with Crippen LogP contribution < -0.4 is 14.8 Å². The first kappa shape index (κ1) is 22.9. The molecule has 0 bridgehead atoms.